The number of nitrogens with zero attached hydrogens (tertiary/aromatic N) is 1. The molecule has 1 aromatic carbocycles. The van der Waals surface area contributed by atoms with E-state index in [4.69, 9.17) is 11.6 Å². The normalized spacial score (nSPS) is 16.5. The van der Waals surface area contributed by atoms with Crippen LogP contribution in [-0.4, -0.2) is 34.0 Å². The monoisotopic (exact) mass is 341 g/mol. The average molecular weight is 342 g/mol. The van der Waals surface area contributed by atoms with Crippen molar-refractivity contribution in [3.05, 3.63) is 28.8 Å². The fourth-order valence-corrected chi connectivity index (χ4v) is 3.48. The molecule has 2 rings (SSSR count). The molecule has 1 unspecified atom stereocenters. The molecule has 0 radical (unpaired) electrons. The largest absolute Gasteiger partial charge is 0.480 e. The molecule has 0 heterocycles. The predicted molar refractivity (Wildman–Crippen MR) is 88.8 cm³/mol. The molecule has 1 atom stereocenters. The summed E-state index contributed by atoms with van der Waals surface area (Å²) >= 11 is 10.3. The Labute approximate surface area is 140 Å². The lowest BCUT2D eigenvalue weighted by atomic mass is 10.1. The number of carbonyl (C=O) groups excluding carboxylic acids is 1. The van der Waals surface area contributed by atoms with E-state index < -0.39 is 12.0 Å². The summed E-state index contributed by atoms with van der Waals surface area (Å²) in [7, 11) is 0. The van der Waals surface area contributed by atoms with E-state index in [1.165, 1.54) is 4.90 Å². The number of hydrogen-bond acceptors (Lipinski definition) is 3. The lowest BCUT2D eigenvalue weighted by Gasteiger charge is -2.34. The second-order valence-electron chi connectivity index (χ2n) is 5.55. The number of carbonyl (C=O) groups is 2. The smallest absolute Gasteiger partial charge is 0.326 e. The summed E-state index contributed by atoms with van der Waals surface area (Å²) in [5, 5.41) is 9.88. The van der Waals surface area contributed by atoms with E-state index in [0.29, 0.717) is 21.9 Å². The summed E-state index contributed by atoms with van der Waals surface area (Å²) in [6.45, 7) is 1.79. The third-order valence-corrected chi connectivity index (χ3v) is 5.11. The van der Waals surface area contributed by atoms with Crippen LogP contribution in [0, 0.1) is 0 Å². The van der Waals surface area contributed by atoms with Crippen LogP contribution in [0.25, 0.3) is 0 Å². The number of carboxylic acid groups (broad SMARTS) is 1. The van der Waals surface area contributed by atoms with Crippen molar-refractivity contribution in [2.45, 2.75) is 56.0 Å². The standard InChI is InChI=1S/C16H20ClNO3S/c1-2-13(16(20)21)18(10-6-3-4-7-10)15(19)11-8-5-9-12(17)14(11)22/h5,8-10,13,22H,2-4,6-7H2,1H3,(H,20,21). The Morgan fingerprint density at radius 2 is 2.05 bits per heavy atom. The van der Waals surface area contributed by atoms with E-state index >= 15 is 0 Å². The number of thiol groups is 1. The van der Waals surface area contributed by atoms with E-state index in [1.54, 1.807) is 25.1 Å². The highest BCUT2D eigenvalue weighted by atomic mass is 35.5. The van der Waals surface area contributed by atoms with Crippen molar-refractivity contribution in [3.63, 3.8) is 0 Å². The van der Waals surface area contributed by atoms with Crippen molar-refractivity contribution < 1.29 is 14.7 Å². The number of amides is 1. The van der Waals surface area contributed by atoms with Gasteiger partial charge in [0.05, 0.1) is 10.6 Å². The molecule has 1 fully saturated rings. The quantitative estimate of drug-likeness (QED) is 0.799. The van der Waals surface area contributed by atoms with Gasteiger partial charge in [0.2, 0.25) is 0 Å². The van der Waals surface area contributed by atoms with E-state index in [9.17, 15) is 14.7 Å². The Kier molecular flexibility index (Phi) is 5.75. The fraction of sp³-hybridized carbons (Fsp3) is 0.500. The molecule has 6 heteroatoms. The second-order valence-corrected chi connectivity index (χ2v) is 6.40. The van der Waals surface area contributed by atoms with Crippen molar-refractivity contribution in [3.8, 4) is 0 Å². The molecule has 0 saturated heterocycles. The van der Waals surface area contributed by atoms with Gasteiger partial charge >= 0.3 is 5.97 Å². The molecule has 4 nitrogen and oxygen atoms in total. The van der Waals surface area contributed by atoms with Crippen molar-refractivity contribution in [2.75, 3.05) is 0 Å². The van der Waals surface area contributed by atoms with E-state index in [0.717, 1.165) is 25.7 Å². The summed E-state index contributed by atoms with van der Waals surface area (Å²) in [6, 6.07) is 4.15. The van der Waals surface area contributed by atoms with Crippen LogP contribution in [0.2, 0.25) is 5.02 Å². The third kappa shape index (κ3) is 3.41. The number of rotatable bonds is 5. The number of halogens is 1. The van der Waals surface area contributed by atoms with Crippen LogP contribution in [-0.2, 0) is 4.79 Å². The zero-order chi connectivity index (χ0) is 16.3. The van der Waals surface area contributed by atoms with Gasteiger partial charge in [-0.2, -0.15) is 0 Å². The van der Waals surface area contributed by atoms with Gasteiger partial charge in [-0.05, 0) is 31.4 Å². The molecule has 1 amide bonds. The summed E-state index contributed by atoms with van der Waals surface area (Å²) in [5.41, 5.74) is 0.363. The highest BCUT2D eigenvalue weighted by Crippen LogP contribution is 2.31. The topological polar surface area (TPSA) is 57.6 Å². The molecular weight excluding hydrogens is 322 g/mol. The maximum atomic E-state index is 13.0. The van der Waals surface area contributed by atoms with Crippen LogP contribution in [0.3, 0.4) is 0 Å². The van der Waals surface area contributed by atoms with Gasteiger partial charge < -0.3 is 10.0 Å². The molecule has 1 saturated carbocycles. The van der Waals surface area contributed by atoms with Gasteiger partial charge in [-0.3, -0.25) is 4.79 Å². The summed E-state index contributed by atoms with van der Waals surface area (Å²) in [6.07, 6.45) is 4.11. The number of carboxylic acids is 1. The highest BCUT2D eigenvalue weighted by Gasteiger charge is 2.36. The van der Waals surface area contributed by atoms with Crippen LogP contribution in [0.15, 0.2) is 23.1 Å². The van der Waals surface area contributed by atoms with Crippen LogP contribution >= 0.6 is 24.2 Å². The predicted octanol–water partition coefficient (Wildman–Crippen LogP) is 3.88. The average Bonchev–Trinajstić information content (AvgIpc) is 3.00. The minimum absolute atomic E-state index is 0.0275. The van der Waals surface area contributed by atoms with Crippen molar-refractivity contribution in [1.29, 1.82) is 0 Å². The van der Waals surface area contributed by atoms with Crippen LogP contribution in [0.4, 0.5) is 0 Å². The lowest BCUT2D eigenvalue weighted by Crippen LogP contribution is -2.49. The van der Waals surface area contributed by atoms with Gasteiger partial charge in [0.1, 0.15) is 6.04 Å². The molecule has 0 aromatic heterocycles. The first-order valence-corrected chi connectivity index (χ1v) is 8.32. The van der Waals surface area contributed by atoms with Gasteiger partial charge in [-0.15, -0.1) is 12.6 Å². The van der Waals surface area contributed by atoms with Gasteiger partial charge in [-0.25, -0.2) is 4.79 Å². The first-order chi connectivity index (χ1) is 10.5. The van der Waals surface area contributed by atoms with Gasteiger partial charge in [0, 0.05) is 10.9 Å². The van der Waals surface area contributed by atoms with Gasteiger partial charge in [-0.1, -0.05) is 37.4 Å². The minimum Gasteiger partial charge on any atom is -0.480 e. The molecule has 1 N–H and O–H groups in total. The van der Waals surface area contributed by atoms with Crippen LogP contribution in [0.1, 0.15) is 49.4 Å². The molecule has 1 aliphatic rings. The number of aliphatic carboxylic acids is 1. The third-order valence-electron chi connectivity index (χ3n) is 4.18. The summed E-state index contributed by atoms with van der Waals surface area (Å²) in [5.74, 6) is -1.26. The summed E-state index contributed by atoms with van der Waals surface area (Å²) in [4.78, 5) is 26.5. The van der Waals surface area contributed by atoms with Crippen LogP contribution < -0.4 is 0 Å². The maximum Gasteiger partial charge on any atom is 0.326 e. The SMILES string of the molecule is CCC(C(=O)O)N(C(=O)c1cccc(Cl)c1S)C1CCCC1. The van der Waals surface area contributed by atoms with Gasteiger partial charge in [0.15, 0.2) is 0 Å². The minimum atomic E-state index is -0.967. The first-order valence-electron chi connectivity index (χ1n) is 7.50. The number of benzene rings is 1. The van der Waals surface area contributed by atoms with E-state index in [1.807, 2.05) is 0 Å². The van der Waals surface area contributed by atoms with Crippen molar-refractivity contribution in [2.24, 2.45) is 0 Å². The molecule has 22 heavy (non-hydrogen) atoms. The number of hydrogen-bond donors (Lipinski definition) is 2. The molecule has 120 valence electrons. The zero-order valence-electron chi connectivity index (χ0n) is 12.5. The Hall–Kier alpha value is -1.20. The van der Waals surface area contributed by atoms with Crippen molar-refractivity contribution >= 4 is 36.1 Å². The molecular formula is C16H20ClNO3S. The highest BCUT2D eigenvalue weighted by molar-refractivity contribution is 7.80. The molecule has 0 spiro atoms. The second kappa shape index (κ2) is 7.38. The lowest BCUT2D eigenvalue weighted by molar-refractivity contribution is -0.143. The zero-order valence-corrected chi connectivity index (χ0v) is 14.1. The van der Waals surface area contributed by atoms with Crippen molar-refractivity contribution in [1.82, 2.24) is 4.90 Å². The van der Waals surface area contributed by atoms with Crippen LogP contribution in [0.5, 0.6) is 0 Å². The fourth-order valence-electron chi connectivity index (χ4n) is 3.06. The Morgan fingerprint density at radius 3 is 2.59 bits per heavy atom. The summed E-state index contributed by atoms with van der Waals surface area (Å²) < 4.78 is 0. The Morgan fingerprint density at radius 1 is 1.41 bits per heavy atom. The Balaban J connectivity index is 2.41. The Bertz CT molecular complexity index is 573. The van der Waals surface area contributed by atoms with E-state index in [2.05, 4.69) is 12.6 Å². The molecule has 1 aliphatic carbocycles. The molecule has 0 bridgehead atoms. The van der Waals surface area contributed by atoms with E-state index in [-0.39, 0.29) is 11.9 Å². The molecule has 1 aromatic rings. The van der Waals surface area contributed by atoms with Gasteiger partial charge in [0.25, 0.3) is 5.91 Å². The maximum absolute atomic E-state index is 13.0. The molecule has 0 aliphatic heterocycles. The first kappa shape index (κ1) is 17.2.